The molecule has 0 atom stereocenters. The van der Waals surface area contributed by atoms with E-state index in [0.717, 1.165) is 56.3 Å². The highest BCUT2D eigenvalue weighted by atomic mass is 32.1. The molecule has 1 aliphatic rings. The van der Waals surface area contributed by atoms with Crippen molar-refractivity contribution in [3.8, 4) is 17.2 Å². The summed E-state index contributed by atoms with van der Waals surface area (Å²) in [5, 5.41) is 18.5. The van der Waals surface area contributed by atoms with Crippen LogP contribution in [0.1, 0.15) is 12.1 Å². The van der Waals surface area contributed by atoms with Gasteiger partial charge < -0.3 is 8.82 Å². The maximum Gasteiger partial charge on any atom is 0.236 e. The fraction of sp³-hybridized carbons (Fsp3) is 0.0400. The molecule has 0 amide bonds. The first-order valence-electron chi connectivity index (χ1n) is 19.3. The van der Waals surface area contributed by atoms with Crippen LogP contribution in [0, 0.1) is 0 Å². The zero-order valence-electron chi connectivity index (χ0n) is 29.7. The lowest BCUT2D eigenvalue weighted by molar-refractivity contribution is 0.669. The molecule has 5 nitrogen and oxygen atoms in total. The predicted octanol–water partition coefficient (Wildman–Crippen LogP) is 12.7. The second-order valence-electron chi connectivity index (χ2n) is 15.5. The fourth-order valence-corrected chi connectivity index (χ4v) is 11.8. The van der Waals surface area contributed by atoms with Crippen molar-refractivity contribution in [2.45, 2.75) is 12.8 Å². The molecule has 6 heterocycles. The van der Waals surface area contributed by atoms with Gasteiger partial charge in [-0.05, 0) is 81.6 Å². The summed E-state index contributed by atoms with van der Waals surface area (Å²) in [5.41, 5.74) is 8.87. The summed E-state index contributed by atoms with van der Waals surface area (Å²) < 4.78 is 12.8. The van der Waals surface area contributed by atoms with Crippen LogP contribution < -0.4 is 5.35 Å². The molecule has 0 saturated heterocycles. The Bertz CT molecular complexity index is 4110. The van der Waals surface area contributed by atoms with Gasteiger partial charge in [-0.25, -0.2) is 9.97 Å². The van der Waals surface area contributed by atoms with E-state index in [4.69, 9.17) is 14.4 Å². The van der Waals surface area contributed by atoms with Gasteiger partial charge in [-0.15, -0.1) is 11.3 Å². The minimum Gasteiger partial charge on any atom is -0.456 e. The monoisotopic (exact) mass is 730 g/mol. The molecular weight excluding hydrogens is 705 g/mol. The maximum absolute atomic E-state index is 6.67. The molecule has 6 aromatic heterocycles. The molecule has 56 heavy (non-hydrogen) atoms. The van der Waals surface area contributed by atoms with Gasteiger partial charge in [-0.2, -0.15) is 0 Å². The van der Waals surface area contributed by atoms with E-state index in [1.165, 1.54) is 91.4 Å². The number of nitrogens with zero attached hydrogens (tertiary/aromatic N) is 4. The molecule has 0 aliphatic heterocycles. The number of furan rings is 1. The third-order valence-corrected chi connectivity index (χ3v) is 14.0. The standard InChI is InChI=1S/C50H26N4OS/c1-3-11-33-28(9-1)31-21-23-38-46-45-37(55-38)24-22-36-44(45)43-34(53(33)48(31)46)12-6-13-35(43)54(36)50-51-47(42-32-10-2-4-14-39(32)56-49(42)52-50)30-20-18-27-16-15-25-7-5-8-26-17-19-29(30)41(27)40(25)26/h1-5,7-11,13-24H,6,12H2. The summed E-state index contributed by atoms with van der Waals surface area (Å²) in [6.45, 7) is 0. The quantitative estimate of drug-likeness (QED) is 0.166. The van der Waals surface area contributed by atoms with Crippen molar-refractivity contribution < 1.29 is 4.42 Å². The zero-order chi connectivity index (χ0) is 36.0. The zero-order valence-corrected chi connectivity index (χ0v) is 30.5. The SMILES string of the molecule is C1=c2c3c(n4c5ccccc5c5ccc6oc7ccc(c3c7c6c54)n2-c2nc(-c3ccc4ccc5cccc6ccc3c4c56)c3c(n2)sc2ccccc23)CC1. The van der Waals surface area contributed by atoms with Gasteiger partial charge in [0, 0.05) is 53.7 Å². The number of hydrogen-bond acceptors (Lipinski definition) is 4. The molecule has 15 rings (SSSR count). The van der Waals surface area contributed by atoms with Crippen molar-refractivity contribution in [3.63, 3.8) is 0 Å². The first-order chi connectivity index (χ1) is 27.8. The van der Waals surface area contributed by atoms with Gasteiger partial charge in [0.15, 0.2) is 0 Å². The van der Waals surface area contributed by atoms with Crippen molar-refractivity contribution in [2.75, 3.05) is 0 Å². The molecule has 0 spiro atoms. The Morgan fingerprint density at radius 2 is 1.30 bits per heavy atom. The van der Waals surface area contributed by atoms with E-state index in [2.05, 4.69) is 142 Å². The molecule has 8 aromatic carbocycles. The molecule has 0 bridgehead atoms. The van der Waals surface area contributed by atoms with Crippen molar-refractivity contribution in [1.82, 2.24) is 18.9 Å². The normalized spacial score (nSPS) is 13.7. The highest BCUT2D eigenvalue weighted by molar-refractivity contribution is 7.25. The smallest absolute Gasteiger partial charge is 0.236 e. The van der Waals surface area contributed by atoms with E-state index >= 15 is 0 Å². The first kappa shape index (κ1) is 28.4. The van der Waals surface area contributed by atoms with Crippen LogP contribution in [-0.2, 0) is 6.42 Å². The first-order valence-corrected chi connectivity index (χ1v) is 20.1. The van der Waals surface area contributed by atoms with Crippen molar-refractivity contribution in [3.05, 3.63) is 138 Å². The van der Waals surface area contributed by atoms with Gasteiger partial charge >= 0.3 is 0 Å². The average Bonchev–Trinajstić information content (AvgIpc) is 3.97. The van der Waals surface area contributed by atoms with E-state index in [-0.39, 0.29) is 0 Å². The Morgan fingerprint density at radius 1 is 0.536 bits per heavy atom. The van der Waals surface area contributed by atoms with Crippen LogP contribution in [0.3, 0.4) is 0 Å². The Morgan fingerprint density at radius 3 is 2.23 bits per heavy atom. The molecule has 0 radical (unpaired) electrons. The number of aryl methyl sites for hydroxylation is 1. The van der Waals surface area contributed by atoms with Crippen LogP contribution in [0.5, 0.6) is 0 Å². The van der Waals surface area contributed by atoms with Gasteiger partial charge in [0.25, 0.3) is 0 Å². The van der Waals surface area contributed by atoms with Gasteiger partial charge in [0.2, 0.25) is 5.95 Å². The van der Waals surface area contributed by atoms with Crippen LogP contribution >= 0.6 is 11.3 Å². The molecule has 14 aromatic rings. The van der Waals surface area contributed by atoms with Crippen molar-refractivity contribution in [2.24, 2.45) is 0 Å². The summed E-state index contributed by atoms with van der Waals surface area (Å²) in [6, 6.07) is 46.6. The third kappa shape index (κ3) is 3.21. The molecule has 0 fully saturated rings. The minimum atomic E-state index is 0.698. The summed E-state index contributed by atoms with van der Waals surface area (Å²) >= 11 is 1.75. The summed E-state index contributed by atoms with van der Waals surface area (Å²) in [4.78, 5) is 12.2. The molecule has 0 saturated carbocycles. The van der Waals surface area contributed by atoms with E-state index in [9.17, 15) is 0 Å². The molecule has 1 aliphatic carbocycles. The topological polar surface area (TPSA) is 48.3 Å². The maximum atomic E-state index is 6.67. The number of thiophene rings is 1. The van der Waals surface area contributed by atoms with E-state index in [1.807, 2.05) is 0 Å². The van der Waals surface area contributed by atoms with Gasteiger partial charge in [0.1, 0.15) is 16.0 Å². The van der Waals surface area contributed by atoms with Gasteiger partial charge in [-0.3, -0.25) is 4.57 Å². The number of rotatable bonds is 2. The second-order valence-corrected chi connectivity index (χ2v) is 16.6. The van der Waals surface area contributed by atoms with Gasteiger partial charge in [-0.1, -0.05) is 97.1 Å². The van der Waals surface area contributed by atoms with E-state index < -0.39 is 0 Å². The molecule has 0 unspecified atom stereocenters. The largest absolute Gasteiger partial charge is 0.456 e. The Labute approximate surface area is 320 Å². The van der Waals surface area contributed by atoms with Crippen molar-refractivity contribution in [1.29, 1.82) is 0 Å². The number of hydrogen-bond donors (Lipinski definition) is 0. The second kappa shape index (κ2) is 9.61. The van der Waals surface area contributed by atoms with Crippen LogP contribution in [-0.4, -0.2) is 18.9 Å². The predicted molar refractivity (Wildman–Crippen MR) is 233 cm³/mol. The van der Waals surface area contributed by atoms with Crippen molar-refractivity contribution >= 4 is 130 Å². The van der Waals surface area contributed by atoms with Crippen LogP contribution in [0.15, 0.2) is 132 Å². The molecular formula is C50H26N4OS. The number of benzene rings is 8. The number of aromatic nitrogens is 4. The Hall–Kier alpha value is -7.02. The van der Waals surface area contributed by atoms with E-state index in [0.29, 0.717) is 5.95 Å². The summed E-state index contributed by atoms with van der Waals surface area (Å²) in [5.74, 6) is 0.698. The highest BCUT2D eigenvalue weighted by Crippen LogP contribution is 2.47. The van der Waals surface area contributed by atoms with Crippen LogP contribution in [0.2, 0.25) is 0 Å². The number of fused-ring (bicyclic) bond motifs is 7. The van der Waals surface area contributed by atoms with Crippen LogP contribution in [0.25, 0.3) is 136 Å². The van der Waals surface area contributed by atoms with Crippen LogP contribution in [0.4, 0.5) is 0 Å². The minimum absolute atomic E-state index is 0.698. The molecule has 6 heteroatoms. The third-order valence-electron chi connectivity index (χ3n) is 12.9. The highest BCUT2D eigenvalue weighted by Gasteiger charge is 2.29. The van der Waals surface area contributed by atoms with E-state index in [1.54, 1.807) is 11.3 Å². The summed E-state index contributed by atoms with van der Waals surface area (Å²) in [6.07, 6.45) is 4.28. The fourth-order valence-electron chi connectivity index (χ4n) is 10.7. The lowest BCUT2D eigenvalue weighted by Crippen LogP contribution is -2.21. The lowest BCUT2D eigenvalue weighted by Gasteiger charge is -2.15. The molecule has 258 valence electrons. The summed E-state index contributed by atoms with van der Waals surface area (Å²) in [7, 11) is 0. The lowest BCUT2D eigenvalue weighted by atomic mass is 9.90. The Kier molecular flexibility index (Phi) is 4.88. The average molecular weight is 731 g/mol. The van der Waals surface area contributed by atoms with Gasteiger partial charge in [0.05, 0.1) is 33.0 Å². The Balaban J connectivity index is 1.13. The molecule has 0 N–H and O–H groups in total. The number of para-hydroxylation sites is 1.